The molecule has 2 rings (SSSR count). The van der Waals surface area contributed by atoms with Crippen LogP contribution in [0, 0.1) is 19.8 Å². The molecule has 0 radical (unpaired) electrons. The molecular formula is C22H33N3O6S. The molecule has 1 saturated heterocycles. The highest BCUT2D eigenvalue weighted by atomic mass is 32.2. The summed E-state index contributed by atoms with van der Waals surface area (Å²) in [5, 5.41) is 0. The number of esters is 1. The summed E-state index contributed by atoms with van der Waals surface area (Å²) in [5.74, 6) is -1.15. The van der Waals surface area contributed by atoms with Crippen molar-refractivity contribution >= 4 is 27.8 Å². The number of carbonyl (C=O) groups excluding carboxylic acids is 3. The van der Waals surface area contributed by atoms with E-state index in [0.29, 0.717) is 32.5 Å². The predicted octanol–water partition coefficient (Wildman–Crippen LogP) is 1.18. The van der Waals surface area contributed by atoms with Crippen LogP contribution in [-0.4, -0.2) is 87.2 Å². The highest BCUT2D eigenvalue weighted by Gasteiger charge is 2.30. The van der Waals surface area contributed by atoms with Crippen molar-refractivity contribution in [1.82, 2.24) is 14.1 Å². The summed E-state index contributed by atoms with van der Waals surface area (Å²) < 4.78 is 31.6. The fourth-order valence-corrected chi connectivity index (χ4v) is 4.67. The van der Waals surface area contributed by atoms with E-state index < -0.39 is 15.9 Å². The Hall–Kier alpha value is -2.46. The summed E-state index contributed by atoms with van der Waals surface area (Å²) in [7, 11) is -1.01. The van der Waals surface area contributed by atoms with E-state index in [2.05, 4.69) is 0 Å². The number of sulfonamides is 1. The van der Waals surface area contributed by atoms with E-state index in [-0.39, 0.29) is 35.8 Å². The maximum atomic E-state index is 12.8. The van der Waals surface area contributed by atoms with Gasteiger partial charge in [-0.05, 0) is 56.9 Å². The van der Waals surface area contributed by atoms with Gasteiger partial charge in [0, 0.05) is 27.2 Å². The standard InChI is InChI=1S/C22H33N3O6S/c1-6-31-22(28)18-9-11-25(12-10-18)21(27)14-23(4)20(26)15-24(5)32(29,30)19-8-7-16(2)17(3)13-19/h7-8,13,18H,6,9-12,14-15H2,1-5H3. The molecule has 0 aliphatic carbocycles. The molecule has 32 heavy (non-hydrogen) atoms. The average Bonchev–Trinajstić information content (AvgIpc) is 2.75. The fraction of sp³-hybridized carbons (Fsp3) is 0.591. The Morgan fingerprint density at radius 2 is 1.69 bits per heavy atom. The lowest BCUT2D eigenvalue weighted by molar-refractivity contribution is -0.151. The smallest absolute Gasteiger partial charge is 0.309 e. The van der Waals surface area contributed by atoms with Crippen LogP contribution in [0.1, 0.15) is 30.9 Å². The first-order chi connectivity index (χ1) is 15.0. The molecule has 1 aromatic rings. The van der Waals surface area contributed by atoms with E-state index in [4.69, 9.17) is 4.74 Å². The minimum atomic E-state index is -3.83. The third-order valence-electron chi connectivity index (χ3n) is 5.81. The lowest BCUT2D eigenvalue weighted by Crippen LogP contribution is -2.47. The third kappa shape index (κ3) is 6.29. The third-order valence-corrected chi connectivity index (χ3v) is 7.61. The summed E-state index contributed by atoms with van der Waals surface area (Å²) in [6.07, 6.45) is 1.05. The molecule has 9 nitrogen and oxygen atoms in total. The van der Waals surface area contributed by atoms with Gasteiger partial charge >= 0.3 is 5.97 Å². The van der Waals surface area contributed by atoms with Crippen LogP contribution in [0.25, 0.3) is 0 Å². The van der Waals surface area contributed by atoms with Gasteiger partial charge in [-0.2, -0.15) is 4.31 Å². The summed E-state index contributed by atoms with van der Waals surface area (Å²) in [6.45, 7) is 6.13. The Labute approximate surface area is 190 Å². The SMILES string of the molecule is CCOC(=O)C1CCN(C(=O)CN(C)C(=O)CN(C)S(=O)(=O)c2ccc(C)c(C)c2)CC1. The number of piperidine rings is 1. The van der Waals surface area contributed by atoms with Gasteiger partial charge in [-0.3, -0.25) is 14.4 Å². The van der Waals surface area contributed by atoms with E-state index in [1.807, 2.05) is 13.8 Å². The van der Waals surface area contributed by atoms with Gasteiger partial charge in [-0.15, -0.1) is 0 Å². The first-order valence-electron chi connectivity index (χ1n) is 10.7. The molecule has 0 spiro atoms. The molecule has 10 heteroatoms. The van der Waals surface area contributed by atoms with E-state index in [0.717, 1.165) is 15.4 Å². The largest absolute Gasteiger partial charge is 0.466 e. The van der Waals surface area contributed by atoms with Gasteiger partial charge in [0.2, 0.25) is 21.8 Å². The zero-order valence-electron chi connectivity index (χ0n) is 19.5. The second-order valence-electron chi connectivity index (χ2n) is 8.16. The lowest BCUT2D eigenvalue weighted by Gasteiger charge is -2.32. The second-order valence-corrected chi connectivity index (χ2v) is 10.2. The van der Waals surface area contributed by atoms with E-state index in [9.17, 15) is 22.8 Å². The van der Waals surface area contributed by atoms with Crippen molar-refractivity contribution in [3.63, 3.8) is 0 Å². The van der Waals surface area contributed by atoms with Gasteiger partial charge in [-0.1, -0.05) is 6.07 Å². The molecular weight excluding hydrogens is 434 g/mol. The number of likely N-dealkylation sites (N-methyl/N-ethyl adjacent to an activating group) is 2. The molecule has 0 saturated carbocycles. The highest BCUT2D eigenvalue weighted by molar-refractivity contribution is 7.89. The molecule has 2 amide bonds. The molecule has 0 aromatic heterocycles. The molecule has 0 atom stereocenters. The first-order valence-corrected chi connectivity index (χ1v) is 12.1. The van der Waals surface area contributed by atoms with Crippen molar-refractivity contribution in [3.05, 3.63) is 29.3 Å². The Morgan fingerprint density at radius 1 is 1.06 bits per heavy atom. The zero-order chi connectivity index (χ0) is 24.1. The van der Waals surface area contributed by atoms with Crippen LogP contribution in [0.3, 0.4) is 0 Å². The van der Waals surface area contributed by atoms with Crippen LogP contribution in [0.5, 0.6) is 0 Å². The molecule has 0 bridgehead atoms. The first kappa shape index (κ1) is 25.8. The van der Waals surface area contributed by atoms with Crippen molar-refractivity contribution in [1.29, 1.82) is 0 Å². The molecule has 1 aliphatic rings. The quantitative estimate of drug-likeness (QED) is 0.532. The molecule has 1 fully saturated rings. The van der Waals surface area contributed by atoms with Crippen LogP contribution in [-0.2, 0) is 29.1 Å². The van der Waals surface area contributed by atoms with Gasteiger partial charge in [-0.25, -0.2) is 8.42 Å². The Kier molecular flexibility index (Phi) is 8.80. The number of benzene rings is 1. The highest BCUT2D eigenvalue weighted by Crippen LogP contribution is 2.20. The van der Waals surface area contributed by atoms with Crippen LogP contribution in [0.2, 0.25) is 0 Å². The summed E-state index contributed by atoms with van der Waals surface area (Å²) in [6, 6.07) is 4.83. The fourth-order valence-electron chi connectivity index (χ4n) is 3.47. The molecule has 1 aliphatic heterocycles. The number of aryl methyl sites for hydroxylation is 2. The average molecular weight is 468 g/mol. The van der Waals surface area contributed by atoms with Crippen molar-refractivity contribution in [2.24, 2.45) is 5.92 Å². The van der Waals surface area contributed by atoms with Crippen molar-refractivity contribution in [3.8, 4) is 0 Å². The van der Waals surface area contributed by atoms with E-state index >= 15 is 0 Å². The monoisotopic (exact) mass is 467 g/mol. The molecule has 1 aromatic carbocycles. The minimum absolute atomic E-state index is 0.124. The normalized spacial score (nSPS) is 15.0. The number of amides is 2. The van der Waals surface area contributed by atoms with Crippen LogP contribution in [0.15, 0.2) is 23.1 Å². The predicted molar refractivity (Wildman–Crippen MR) is 119 cm³/mol. The van der Waals surface area contributed by atoms with E-state index in [1.165, 1.54) is 25.1 Å². The number of hydrogen-bond acceptors (Lipinski definition) is 6. The molecule has 1 heterocycles. The van der Waals surface area contributed by atoms with Gasteiger partial charge < -0.3 is 14.5 Å². The number of ether oxygens (including phenoxy) is 1. The van der Waals surface area contributed by atoms with Crippen molar-refractivity contribution in [2.75, 3.05) is 46.9 Å². The summed E-state index contributed by atoms with van der Waals surface area (Å²) in [4.78, 5) is 39.9. The Morgan fingerprint density at radius 3 is 2.25 bits per heavy atom. The van der Waals surface area contributed by atoms with Gasteiger partial charge in [0.1, 0.15) is 0 Å². The number of rotatable bonds is 8. The van der Waals surface area contributed by atoms with Gasteiger partial charge in [0.25, 0.3) is 0 Å². The zero-order valence-corrected chi connectivity index (χ0v) is 20.3. The molecule has 178 valence electrons. The Bertz CT molecular complexity index is 954. The van der Waals surface area contributed by atoms with Crippen molar-refractivity contribution in [2.45, 2.75) is 38.5 Å². The minimum Gasteiger partial charge on any atom is -0.466 e. The topological polar surface area (TPSA) is 104 Å². The second kappa shape index (κ2) is 10.9. The Balaban J connectivity index is 1.90. The molecule has 0 unspecified atom stereocenters. The number of hydrogen-bond donors (Lipinski definition) is 0. The van der Waals surface area contributed by atoms with Crippen LogP contribution < -0.4 is 0 Å². The van der Waals surface area contributed by atoms with Crippen LogP contribution >= 0.6 is 0 Å². The number of carbonyl (C=O) groups is 3. The lowest BCUT2D eigenvalue weighted by atomic mass is 9.97. The maximum absolute atomic E-state index is 12.8. The van der Waals surface area contributed by atoms with Crippen LogP contribution in [0.4, 0.5) is 0 Å². The number of likely N-dealkylation sites (tertiary alicyclic amines) is 1. The van der Waals surface area contributed by atoms with E-state index in [1.54, 1.807) is 24.0 Å². The van der Waals surface area contributed by atoms with Crippen molar-refractivity contribution < 1.29 is 27.5 Å². The van der Waals surface area contributed by atoms with Gasteiger partial charge in [0.05, 0.1) is 30.5 Å². The number of nitrogens with zero attached hydrogens (tertiary/aromatic N) is 3. The summed E-state index contributed by atoms with van der Waals surface area (Å²) >= 11 is 0. The van der Waals surface area contributed by atoms with Gasteiger partial charge in [0.15, 0.2) is 0 Å². The molecule has 0 N–H and O–H groups in total. The summed E-state index contributed by atoms with van der Waals surface area (Å²) in [5.41, 5.74) is 1.83. The maximum Gasteiger partial charge on any atom is 0.309 e.